The first-order chi connectivity index (χ1) is 27.2. The number of hydrogen-bond donors (Lipinski definition) is 0. The molecule has 6 aromatic carbocycles. The summed E-state index contributed by atoms with van der Waals surface area (Å²) in [6.45, 7) is 0. The van der Waals surface area contributed by atoms with Gasteiger partial charge in [0.15, 0.2) is 11.5 Å². The Hall–Kier alpha value is -6.20. The molecule has 14 rings (SSSR count). The molecule has 4 fully saturated rings. The summed E-state index contributed by atoms with van der Waals surface area (Å²) in [5.41, 5.74) is 13.9. The molecule has 0 amide bonds. The van der Waals surface area contributed by atoms with Gasteiger partial charge in [-0.15, -0.1) is 0 Å². The van der Waals surface area contributed by atoms with Gasteiger partial charge in [-0.2, -0.15) is 0 Å². The maximum Gasteiger partial charge on any atom is 0.234 e. The van der Waals surface area contributed by atoms with E-state index in [0.717, 1.165) is 63.3 Å². The van der Waals surface area contributed by atoms with Gasteiger partial charge in [0.2, 0.25) is 5.95 Å². The van der Waals surface area contributed by atoms with Gasteiger partial charge in [-0.25, -0.2) is 9.97 Å². The van der Waals surface area contributed by atoms with Gasteiger partial charge >= 0.3 is 0 Å². The third kappa shape index (κ3) is 4.03. The summed E-state index contributed by atoms with van der Waals surface area (Å²) in [5.74, 6) is 5.70. The van der Waals surface area contributed by atoms with E-state index in [1.165, 1.54) is 65.1 Å². The van der Waals surface area contributed by atoms with Crippen molar-refractivity contribution in [3.05, 3.63) is 157 Å². The number of ether oxygens (including phenoxy) is 1. The maximum absolute atomic E-state index is 6.25. The van der Waals surface area contributed by atoms with E-state index >= 15 is 0 Å². The highest BCUT2D eigenvalue weighted by Gasteiger charge is 2.61. The molecule has 3 heterocycles. The molecule has 264 valence electrons. The van der Waals surface area contributed by atoms with Crippen molar-refractivity contribution in [3.8, 4) is 39.7 Å². The number of rotatable bonds is 3. The lowest BCUT2D eigenvalue weighted by atomic mass is 9.43. The topological polar surface area (TPSA) is 43.2 Å². The van der Waals surface area contributed by atoms with Crippen molar-refractivity contribution in [2.45, 2.75) is 37.5 Å². The predicted molar refractivity (Wildman–Crippen MR) is 220 cm³/mol. The van der Waals surface area contributed by atoms with Gasteiger partial charge in [0.1, 0.15) is 0 Å². The van der Waals surface area contributed by atoms with Gasteiger partial charge in [-0.05, 0) is 138 Å². The highest BCUT2D eigenvalue weighted by molar-refractivity contribution is 6.10. The van der Waals surface area contributed by atoms with Crippen molar-refractivity contribution in [1.29, 1.82) is 0 Å². The minimum absolute atomic E-state index is 0.194. The van der Waals surface area contributed by atoms with Gasteiger partial charge in [0.05, 0.1) is 40.5 Å². The molecule has 6 aliphatic rings. The van der Waals surface area contributed by atoms with Crippen LogP contribution >= 0.6 is 0 Å². The number of anilines is 3. The number of fused-ring (bicyclic) bond motifs is 8. The van der Waals surface area contributed by atoms with Crippen molar-refractivity contribution in [2.24, 2.45) is 23.7 Å². The molecule has 55 heavy (non-hydrogen) atoms. The number of aromatic nitrogens is 3. The van der Waals surface area contributed by atoms with Gasteiger partial charge in [-0.3, -0.25) is 4.57 Å². The fourth-order valence-corrected chi connectivity index (χ4v) is 12.2. The Balaban J connectivity index is 0.915. The Morgan fingerprint density at radius 1 is 0.527 bits per heavy atom. The molecule has 4 saturated carbocycles. The maximum atomic E-state index is 6.25. The number of hydrogen-bond acceptors (Lipinski definition) is 4. The van der Waals surface area contributed by atoms with Crippen LogP contribution in [0.1, 0.15) is 43.2 Å². The summed E-state index contributed by atoms with van der Waals surface area (Å²) < 4.78 is 8.45. The molecule has 5 nitrogen and oxygen atoms in total. The van der Waals surface area contributed by atoms with E-state index < -0.39 is 0 Å². The first-order valence-electron chi connectivity index (χ1n) is 20.0. The average Bonchev–Trinajstić information content (AvgIpc) is 3.72. The fraction of sp³-hybridized carbons (Fsp3) is 0.200. The third-order valence-electron chi connectivity index (χ3n) is 14.1. The normalized spacial score (nSPS) is 23.8. The van der Waals surface area contributed by atoms with Crippen LogP contribution in [0, 0.1) is 23.7 Å². The lowest BCUT2D eigenvalue weighted by Gasteiger charge is -2.61. The van der Waals surface area contributed by atoms with Crippen LogP contribution in [-0.4, -0.2) is 14.5 Å². The highest BCUT2D eigenvalue weighted by atomic mass is 16.5. The van der Waals surface area contributed by atoms with Crippen LogP contribution in [-0.2, 0) is 5.41 Å². The third-order valence-corrected chi connectivity index (χ3v) is 14.1. The Bertz CT molecular complexity index is 2810. The van der Waals surface area contributed by atoms with Crippen LogP contribution in [0.5, 0.6) is 11.5 Å². The molecule has 1 aliphatic heterocycles. The molecular weight excluding hydrogens is 673 g/mol. The summed E-state index contributed by atoms with van der Waals surface area (Å²) in [5, 5.41) is 2.40. The van der Waals surface area contributed by atoms with Gasteiger partial charge in [0.25, 0.3) is 0 Å². The van der Waals surface area contributed by atoms with Crippen LogP contribution < -0.4 is 9.64 Å². The summed E-state index contributed by atoms with van der Waals surface area (Å²) in [4.78, 5) is 12.2. The molecule has 0 saturated heterocycles. The summed E-state index contributed by atoms with van der Waals surface area (Å²) in [7, 11) is 0. The van der Waals surface area contributed by atoms with Crippen molar-refractivity contribution < 1.29 is 4.74 Å². The zero-order valence-electron chi connectivity index (χ0n) is 30.4. The molecular formula is C50H38N4O. The summed E-state index contributed by atoms with van der Waals surface area (Å²) in [6, 6.07) is 48.7. The minimum Gasteiger partial charge on any atom is -0.453 e. The SMILES string of the molecule is c1ccc2c(c1)Oc1ccccc1N2c1cnc(-n2c3ccccc3c3cc(-c4ccc5c(c4)-c4ccccc4C54C5CC6CC(C5)CC4C6)ccc32)nc1. The van der Waals surface area contributed by atoms with Gasteiger partial charge < -0.3 is 9.64 Å². The second kappa shape index (κ2) is 10.9. The number of nitrogens with zero attached hydrogens (tertiary/aromatic N) is 4. The molecule has 8 aromatic rings. The zero-order chi connectivity index (χ0) is 35.8. The van der Waals surface area contributed by atoms with Crippen molar-refractivity contribution >= 4 is 38.9 Å². The van der Waals surface area contributed by atoms with E-state index in [9.17, 15) is 0 Å². The van der Waals surface area contributed by atoms with Crippen molar-refractivity contribution in [1.82, 2.24) is 14.5 Å². The van der Waals surface area contributed by atoms with E-state index in [1.54, 1.807) is 11.1 Å². The standard InChI is InChI=1S/C50H38N4O/c1-3-11-41-37(9-1)39-26-32(17-19-42(39)50(41)34-22-30-21-31(24-34)25-35(50)23-30)33-18-20-44-40(27-33)38-10-2-4-12-43(38)54(44)49-51-28-36(29-52-49)53-45-13-5-7-15-47(45)55-48-16-8-6-14-46(48)53/h1-20,26-31,34-35H,21-25H2. The first kappa shape index (κ1) is 30.2. The Morgan fingerprint density at radius 3 is 1.89 bits per heavy atom. The Morgan fingerprint density at radius 2 is 1.13 bits per heavy atom. The second-order valence-electron chi connectivity index (χ2n) is 16.7. The number of para-hydroxylation sites is 5. The van der Waals surface area contributed by atoms with Crippen LogP contribution in [0.2, 0.25) is 0 Å². The lowest BCUT2D eigenvalue weighted by molar-refractivity contribution is -0.0399. The Kier molecular flexibility index (Phi) is 6.00. The van der Waals surface area contributed by atoms with E-state index in [2.05, 4.69) is 107 Å². The smallest absolute Gasteiger partial charge is 0.234 e. The van der Waals surface area contributed by atoms with Crippen molar-refractivity contribution in [3.63, 3.8) is 0 Å². The summed E-state index contributed by atoms with van der Waals surface area (Å²) in [6.07, 6.45) is 11.0. The monoisotopic (exact) mass is 710 g/mol. The molecule has 1 spiro atoms. The lowest BCUT2D eigenvalue weighted by Crippen LogP contribution is -2.55. The minimum atomic E-state index is 0.194. The van der Waals surface area contributed by atoms with E-state index in [0.29, 0.717) is 5.95 Å². The van der Waals surface area contributed by atoms with Crippen LogP contribution in [0.3, 0.4) is 0 Å². The average molecular weight is 711 g/mol. The van der Waals surface area contributed by atoms with E-state index in [1.807, 2.05) is 48.8 Å². The zero-order valence-corrected chi connectivity index (χ0v) is 30.4. The largest absolute Gasteiger partial charge is 0.453 e. The Labute approximate surface area is 319 Å². The molecule has 4 bridgehead atoms. The van der Waals surface area contributed by atoms with E-state index in [4.69, 9.17) is 14.7 Å². The molecule has 0 N–H and O–H groups in total. The quantitative estimate of drug-likeness (QED) is 0.183. The molecule has 5 heteroatoms. The van der Waals surface area contributed by atoms with Crippen molar-refractivity contribution in [2.75, 3.05) is 4.90 Å². The molecule has 0 unspecified atom stereocenters. The van der Waals surface area contributed by atoms with Crippen LogP contribution in [0.15, 0.2) is 146 Å². The molecule has 0 atom stereocenters. The van der Waals surface area contributed by atoms with Crippen LogP contribution in [0.4, 0.5) is 17.1 Å². The van der Waals surface area contributed by atoms with Gasteiger partial charge in [-0.1, -0.05) is 84.9 Å². The van der Waals surface area contributed by atoms with Crippen LogP contribution in [0.25, 0.3) is 50.0 Å². The first-order valence-corrected chi connectivity index (χ1v) is 20.0. The molecule has 5 aliphatic carbocycles. The predicted octanol–water partition coefficient (Wildman–Crippen LogP) is 12.5. The summed E-state index contributed by atoms with van der Waals surface area (Å²) >= 11 is 0. The number of benzene rings is 6. The second-order valence-corrected chi connectivity index (χ2v) is 16.7. The molecule has 2 aromatic heterocycles. The molecule has 0 radical (unpaired) electrons. The highest BCUT2D eigenvalue weighted by Crippen LogP contribution is 2.69. The van der Waals surface area contributed by atoms with Gasteiger partial charge in [0, 0.05) is 16.2 Å². The van der Waals surface area contributed by atoms with E-state index in [-0.39, 0.29) is 5.41 Å². The fourth-order valence-electron chi connectivity index (χ4n) is 12.2.